The minimum Gasteiger partial charge on any atom is -0.478 e. The Labute approximate surface area is 105 Å². The monoisotopic (exact) mass is 300 g/mol. The highest BCUT2D eigenvalue weighted by molar-refractivity contribution is 9.10. The fraction of sp³-hybridized carbons (Fsp3) is 0. The van der Waals surface area contributed by atoms with Crippen LogP contribution in [0.25, 0.3) is 0 Å². The van der Waals surface area contributed by atoms with E-state index in [1.54, 1.807) is 30.5 Å². The Morgan fingerprint density at radius 2 is 2.00 bits per heavy atom. The second kappa shape index (κ2) is 6.24. The van der Waals surface area contributed by atoms with Crippen LogP contribution in [0.5, 0.6) is 0 Å². The highest BCUT2D eigenvalue weighted by Gasteiger charge is 1.98. The van der Waals surface area contributed by atoms with Crippen LogP contribution in [0.1, 0.15) is 10.4 Å². The first-order valence-electron chi connectivity index (χ1n) is 4.23. The topological polar surface area (TPSA) is 76.2 Å². The number of rotatable bonds is 1. The number of carboxylic acid groups (broad SMARTS) is 1. The van der Waals surface area contributed by atoms with Crippen LogP contribution in [0.15, 0.2) is 40.3 Å². The number of aromatic nitrogens is 1. The molecule has 16 heavy (non-hydrogen) atoms. The summed E-state index contributed by atoms with van der Waals surface area (Å²) < 4.78 is 0.887. The third kappa shape index (κ3) is 4.41. The fourth-order valence-corrected chi connectivity index (χ4v) is 1.47. The van der Waals surface area contributed by atoms with Crippen LogP contribution in [0.4, 0.5) is 5.13 Å². The molecule has 0 aliphatic rings. The smallest absolute Gasteiger partial charge is 0.335 e. The SMILES string of the molecule is Nc1nccs1.O=C(O)c1ccc(Br)cc1. The van der Waals surface area contributed by atoms with Crippen LogP contribution in [0.3, 0.4) is 0 Å². The Bertz CT molecular complexity index is 442. The molecule has 1 heterocycles. The van der Waals surface area contributed by atoms with Crippen molar-refractivity contribution in [3.05, 3.63) is 45.9 Å². The molecule has 0 radical (unpaired) electrons. The summed E-state index contributed by atoms with van der Waals surface area (Å²) in [6, 6.07) is 6.49. The van der Waals surface area contributed by atoms with Crippen LogP contribution in [0.2, 0.25) is 0 Å². The highest BCUT2D eigenvalue weighted by Crippen LogP contribution is 2.09. The van der Waals surface area contributed by atoms with Crippen LogP contribution in [-0.4, -0.2) is 16.1 Å². The minimum atomic E-state index is -0.896. The molecule has 0 aliphatic heterocycles. The summed E-state index contributed by atoms with van der Waals surface area (Å²) in [5.74, 6) is -0.896. The Hall–Kier alpha value is -1.40. The van der Waals surface area contributed by atoms with Gasteiger partial charge in [-0.15, -0.1) is 11.3 Å². The van der Waals surface area contributed by atoms with Crippen molar-refractivity contribution >= 4 is 38.4 Å². The van der Waals surface area contributed by atoms with Crippen LogP contribution >= 0.6 is 27.3 Å². The number of anilines is 1. The van der Waals surface area contributed by atoms with Gasteiger partial charge in [-0.05, 0) is 24.3 Å². The molecule has 0 bridgehead atoms. The normalized spacial score (nSPS) is 9.06. The van der Waals surface area contributed by atoms with Gasteiger partial charge >= 0.3 is 5.97 Å². The molecule has 0 fully saturated rings. The standard InChI is InChI=1S/C7H5BrO2.C3H4N2S/c8-6-3-1-5(2-4-6)7(9)10;4-3-5-1-2-6-3/h1-4H,(H,9,10);1-2H,(H2,4,5). The lowest BCUT2D eigenvalue weighted by Gasteiger charge is -1.91. The summed E-state index contributed by atoms with van der Waals surface area (Å²) in [4.78, 5) is 14.0. The van der Waals surface area contributed by atoms with Gasteiger partial charge in [-0.25, -0.2) is 9.78 Å². The number of nitrogen functional groups attached to an aromatic ring is 1. The number of carboxylic acids is 1. The van der Waals surface area contributed by atoms with Gasteiger partial charge in [-0.2, -0.15) is 0 Å². The lowest BCUT2D eigenvalue weighted by Crippen LogP contribution is -1.94. The van der Waals surface area contributed by atoms with E-state index in [1.165, 1.54) is 11.3 Å². The maximum absolute atomic E-state index is 10.3. The van der Waals surface area contributed by atoms with E-state index in [0.29, 0.717) is 10.7 Å². The Morgan fingerprint density at radius 3 is 2.31 bits per heavy atom. The van der Waals surface area contributed by atoms with E-state index >= 15 is 0 Å². The van der Waals surface area contributed by atoms with E-state index in [2.05, 4.69) is 20.9 Å². The molecule has 2 rings (SSSR count). The first-order chi connectivity index (χ1) is 7.59. The maximum atomic E-state index is 10.3. The van der Waals surface area contributed by atoms with E-state index in [4.69, 9.17) is 10.8 Å². The number of aromatic carboxylic acids is 1. The summed E-state index contributed by atoms with van der Waals surface area (Å²) in [6.45, 7) is 0. The van der Waals surface area contributed by atoms with Crippen molar-refractivity contribution in [1.82, 2.24) is 4.98 Å². The van der Waals surface area contributed by atoms with Gasteiger partial charge in [0.15, 0.2) is 5.13 Å². The molecule has 0 saturated carbocycles. The predicted molar refractivity (Wildman–Crippen MR) is 67.6 cm³/mol. The predicted octanol–water partition coefficient (Wildman–Crippen LogP) is 2.87. The van der Waals surface area contributed by atoms with Gasteiger partial charge in [-0.3, -0.25) is 0 Å². The van der Waals surface area contributed by atoms with Crippen LogP contribution in [-0.2, 0) is 0 Å². The summed E-state index contributed by atoms with van der Waals surface area (Å²) in [5.41, 5.74) is 5.49. The molecule has 84 valence electrons. The molecule has 0 unspecified atom stereocenters. The van der Waals surface area contributed by atoms with Gasteiger partial charge in [0, 0.05) is 16.0 Å². The number of halogens is 1. The average Bonchev–Trinajstić information content (AvgIpc) is 2.71. The first-order valence-corrected chi connectivity index (χ1v) is 5.90. The lowest BCUT2D eigenvalue weighted by atomic mass is 10.2. The molecule has 6 heteroatoms. The molecule has 0 aliphatic carbocycles. The van der Waals surface area contributed by atoms with Crippen molar-refractivity contribution in [2.24, 2.45) is 0 Å². The number of benzene rings is 1. The average molecular weight is 301 g/mol. The molecule has 0 saturated heterocycles. The number of nitrogens with two attached hydrogens (primary N) is 1. The van der Waals surface area contributed by atoms with E-state index in [9.17, 15) is 4.79 Å². The third-order valence-electron chi connectivity index (χ3n) is 1.54. The number of hydrogen-bond donors (Lipinski definition) is 2. The second-order valence-corrected chi connectivity index (χ2v) is 4.52. The Morgan fingerprint density at radius 1 is 1.38 bits per heavy atom. The van der Waals surface area contributed by atoms with Gasteiger partial charge in [-0.1, -0.05) is 15.9 Å². The minimum absolute atomic E-state index is 0.309. The Kier molecular flexibility index (Phi) is 4.94. The second-order valence-electron chi connectivity index (χ2n) is 2.68. The first kappa shape index (κ1) is 12.7. The van der Waals surface area contributed by atoms with Crippen LogP contribution in [0, 0.1) is 0 Å². The van der Waals surface area contributed by atoms with Crippen molar-refractivity contribution in [3.8, 4) is 0 Å². The summed E-state index contributed by atoms with van der Waals surface area (Å²) >= 11 is 4.65. The van der Waals surface area contributed by atoms with Gasteiger partial charge in [0.25, 0.3) is 0 Å². The maximum Gasteiger partial charge on any atom is 0.335 e. The van der Waals surface area contributed by atoms with Gasteiger partial charge in [0.05, 0.1) is 5.56 Å². The molecule has 1 aromatic carbocycles. The summed E-state index contributed by atoms with van der Waals surface area (Å²) in [5, 5.41) is 10.9. The molecule has 0 amide bonds. The lowest BCUT2D eigenvalue weighted by molar-refractivity contribution is 0.0697. The molecule has 3 N–H and O–H groups in total. The molecule has 0 atom stereocenters. The highest BCUT2D eigenvalue weighted by atomic mass is 79.9. The molecule has 0 spiro atoms. The van der Waals surface area contributed by atoms with Crippen molar-refractivity contribution in [1.29, 1.82) is 0 Å². The van der Waals surface area contributed by atoms with Crippen molar-refractivity contribution in [2.75, 3.05) is 5.73 Å². The number of nitrogens with zero attached hydrogens (tertiary/aromatic N) is 1. The number of carbonyl (C=O) groups is 1. The summed E-state index contributed by atoms with van der Waals surface area (Å²) in [7, 11) is 0. The number of thiazole rings is 1. The molecule has 4 nitrogen and oxygen atoms in total. The van der Waals surface area contributed by atoms with E-state index in [0.717, 1.165) is 4.47 Å². The fourth-order valence-electron chi connectivity index (χ4n) is 0.827. The van der Waals surface area contributed by atoms with E-state index in [-0.39, 0.29) is 0 Å². The molecule has 2 aromatic rings. The van der Waals surface area contributed by atoms with Gasteiger partial charge in [0.2, 0.25) is 0 Å². The van der Waals surface area contributed by atoms with Gasteiger partial charge < -0.3 is 10.8 Å². The quantitative estimate of drug-likeness (QED) is 0.849. The van der Waals surface area contributed by atoms with Crippen molar-refractivity contribution in [2.45, 2.75) is 0 Å². The Balaban J connectivity index is 0.000000181. The summed E-state index contributed by atoms with van der Waals surface area (Å²) in [6.07, 6.45) is 1.68. The van der Waals surface area contributed by atoms with Crippen molar-refractivity contribution in [3.63, 3.8) is 0 Å². The van der Waals surface area contributed by atoms with Crippen molar-refractivity contribution < 1.29 is 9.90 Å². The van der Waals surface area contributed by atoms with E-state index in [1.807, 2.05) is 5.38 Å². The van der Waals surface area contributed by atoms with Crippen LogP contribution < -0.4 is 5.73 Å². The zero-order valence-corrected chi connectivity index (χ0v) is 10.5. The van der Waals surface area contributed by atoms with Gasteiger partial charge in [0.1, 0.15) is 0 Å². The zero-order valence-electron chi connectivity index (χ0n) is 8.13. The third-order valence-corrected chi connectivity index (χ3v) is 2.68. The number of hydrogen-bond acceptors (Lipinski definition) is 4. The molecule has 1 aromatic heterocycles. The largest absolute Gasteiger partial charge is 0.478 e. The molecular weight excluding hydrogens is 292 g/mol. The molecular formula is C10H9BrN2O2S. The zero-order chi connectivity index (χ0) is 12.0. The van der Waals surface area contributed by atoms with E-state index < -0.39 is 5.97 Å².